The summed E-state index contributed by atoms with van der Waals surface area (Å²) in [5, 5.41) is 10.1. The Balaban J connectivity index is 1.57. The molecule has 3 atom stereocenters. The largest absolute Gasteiger partial charge is 0.378 e. The van der Waals surface area contributed by atoms with Crippen molar-refractivity contribution >= 4 is 12.0 Å². The van der Waals surface area contributed by atoms with Gasteiger partial charge in [-0.1, -0.05) is 0 Å². The molecule has 7 nitrogen and oxygen atoms in total. The Morgan fingerprint density at radius 1 is 1.36 bits per heavy atom. The first-order valence-corrected chi connectivity index (χ1v) is 8.05. The number of amides is 2. The molecule has 1 aliphatic carbocycles. The molecule has 1 aromatic heterocycles. The van der Waals surface area contributed by atoms with E-state index in [0.29, 0.717) is 18.0 Å². The van der Waals surface area contributed by atoms with E-state index < -0.39 is 0 Å². The first-order valence-electron chi connectivity index (χ1n) is 8.05. The third-order valence-electron chi connectivity index (χ3n) is 4.50. The highest BCUT2D eigenvalue weighted by molar-refractivity contribution is 5.87. The maximum absolute atomic E-state index is 12.2. The summed E-state index contributed by atoms with van der Waals surface area (Å²) in [5.74, 6) is 0.780. The summed E-state index contributed by atoms with van der Waals surface area (Å²) in [5.41, 5.74) is -0.152. The highest BCUT2D eigenvalue weighted by Crippen LogP contribution is 2.34. The lowest BCUT2D eigenvalue weighted by Crippen LogP contribution is -2.47. The number of anilines is 1. The molecule has 2 heterocycles. The van der Waals surface area contributed by atoms with Crippen molar-refractivity contribution in [3.8, 4) is 0 Å². The van der Waals surface area contributed by atoms with E-state index >= 15 is 0 Å². The number of carbonyl (C=O) groups excluding carboxylic acids is 1. The zero-order valence-electron chi connectivity index (χ0n) is 13.5. The van der Waals surface area contributed by atoms with E-state index in [0.717, 1.165) is 32.3 Å². The molecule has 0 bridgehead atoms. The molecular formula is C15H25N5O2. The smallest absolute Gasteiger partial charge is 0.321 e. The van der Waals surface area contributed by atoms with Gasteiger partial charge >= 0.3 is 6.03 Å². The molecule has 2 N–H and O–H groups in total. The predicted octanol–water partition coefficient (Wildman–Crippen LogP) is 2.11. The fourth-order valence-corrected chi connectivity index (χ4v) is 3.30. The molecule has 22 heavy (non-hydrogen) atoms. The predicted molar refractivity (Wildman–Crippen MR) is 82.7 cm³/mol. The Labute approximate surface area is 130 Å². The molecule has 0 spiro atoms. The second kappa shape index (κ2) is 5.87. The maximum atomic E-state index is 12.2. The van der Waals surface area contributed by atoms with Crippen LogP contribution in [0.1, 0.15) is 46.5 Å². The molecule has 122 valence electrons. The van der Waals surface area contributed by atoms with E-state index in [9.17, 15) is 4.79 Å². The Morgan fingerprint density at radius 3 is 2.91 bits per heavy atom. The summed E-state index contributed by atoms with van der Waals surface area (Å²) in [7, 11) is 0. The molecule has 1 aromatic rings. The second-order valence-corrected chi connectivity index (χ2v) is 7.18. The lowest BCUT2D eigenvalue weighted by molar-refractivity contribution is 0.0553. The average molecular weight is 307 g/mol. The number of hydrogen-bond acceptors (Lipinski definition) is 4. The van der Waals surface area contributed by atoms with Gasteiger partial charge in [0.05, 0.1) is 11.6 Å². The van der Waals surface area contributed by atoms with Crippen molar-refractivity contribution in [1.82, 2.24) is 20.1 Å². The van der Waals surface area contributed by atoms with Gasteiger partial charge in [-0.15, -0.1) is 5.10 Å². The standard InChI is InChI=1S/C15H25N5O2/c1-15(2,3)20-9-16-13(19-20)18-14(21)17-11-5-4-6-12-10(11)7-8-22-12/h9-12H,4-8H2,1-3H3,(H2,17,18,19,21). The summed E-state index contributed by atoms with van der Waals surface area (Å²) >= 11 is 0. The molecule has 2 aliphatic rings. The molecule has 0 aromatic carbocycles. The number of ether oxygens (including phenoxy) is 1. The van der Waals surface area contributed by atoms with Gasteiger partial charge in [-0.3, -0.25) is 5.32 Å². The van der Waals surface area contributed by atoms with Crippen molar-refractivity contribution in [2.45, 2.75) is 64.1 Å². The normalized spacial score (nSPS) is 28.2. The van der Waals surface area contributed by atoms with E-state index in [4.69, 9.17) is 4.74 Å². The van der Waals surface area contributed by atoms with Gasteiger partial charge in [-0.25, -0.2) is 14.5 Å². The van der Waals surface area contributed by atoms with Crippen LogP contribution in [0.3, 0.4) is 0 Å². The van der Waals surface area contributed by atoms with Crippen LogP contribution in [0.15, 0.2) is 6.33 Å². The van der Waals surface area contributed by atoms with Crippen LogP contribution in [0.25, 0.3) is 0 Å². The molecule has 3 unspecified atom stereocenters. The summed E-state index contributed by atoms with van der Waals surface area (Å²) in [4.78, 5) is 16.3. The van der Waals surface area contributed by atoms with Crippen molar-refractivity contribution in [1.29, 1.82) is 0 Å². The Bertz CT molecular complexity index is 536. The molecular weight excluding hydrogens is 282 g/mol. The van der Waals surface area contributed by atoms with Gasteiger partial charge in [0.2, 0.25) is 5.95 Å². The SMILES string of the molecule is CC(C)(C)n1cnc(NC(=O)NC2CCCC3OCCC23)n1. The van der Waals surface area contributed by atoms with Crippen LogP contribution in [-0.4, -0.2) is 39.5 Å². The summed E-state index contributed by atoms with van der Waals surface area (Å²) < 4.78 is 7.47. The van der Waals surface area contributed by atoms with Crippen LogP contribution in [0, 0.1) is 5.92 Å². The van der Waals surface area contributed by atoms with Gasteiger partial charge in [-0.2, -0.15) is 0 Å². The first-order chi connectivity index (χ1) is 10.4. The Morgan fingerprint density at radius 2 is 2.18 bits per heavy atom. The van der Waals surface area contributed by atoms with Crippen molar-refractivity contribution in [2.75, 3.05) is 11.9 Å². The second-order valence-electron chi connectivity index (χ2n) is 7.18. The van der Waals surface area contributed by atoms with Crippen molar-refractivity contribution in [3.05, 3.63) is 6.33 Å². The number of nitrogens with one attached hydrogen (secondary N) is 2. The molecule has 1 saturated carbocycles. The van der Waals surface area contributed by atoms with E-state index in [1.54, 1.807) is 11.0 Å². The quantitative estimate of drug-likeness (QED) is 0.877. The minimum Gasteiger partial charge on any atom is -0.378 e. The minimum absolute atomic E-state index is 0.152. The van der Waals surface area contributed by atoms with Gasteiger partial charge < -0.3 is 10.1 Å². The fourth-order valence-electron chi connectivity index (χ4n) is 3.30. The number of rotatable bonds is 2. The molecule has 2 fully saturated rings. The fraction of sp³-hybridized carbons (Fsp3) is 0.800. The van der Waals surface area contributed by atoms with E-state index in [-0.39, 0.29) is 17.6 Å². The highest BCUT2D eigenvalue weighted by Gasteiger charge is 2.38. The Hall–Kier alpha value is -1.63. The van der Waals surface area contributed by atoms with Crippen LogP contribution >= 0.6 is 0 Å². The van der Waals surface area contributed by atoms with Crippen LogP contribution in [0.5, 0.6) is 0 Å². The molecule has 1 aliphatic heterocycles. The number of aromatic nitrogens is 3. The summed E-state index contributed by atoms with van der Waals surface area (Å²) in [6.07, 6.45) is 6.22. The topological polar surface area (TPSA) is 81.1 Å². The lowest BCUT2D eigenvalue weighted by Gasteiger charge is -2.33. The zero-order chi connectivity index (χ0) is 15.7. The average Bonchev–Trinajstić information content (AvgIpc) is 3.06. The van der Waals surface area contributed by atoms with Crippen molar-refractivity contribution < 1.29 is 9.53 Å². The highest BCUT2D eigenvalue weighted by atomic mass is 16.5. The molecule has 7 heteroatoms. The maximum Gasteiger partial charge on any atom is 0.321 e. The molecule has 0 radical (unpaired) electrons. The molecule has 3 rings (SSSR count). The number of nitrogens with zero attached hydrogens (tertiary/aromatic N) is 3. The third-order valence-corrected chi connectivity index (χ3v) is 4.50. The monoisotopic (exact) mass is 307 g/mol. The van der Waals surface area contributed by atoms with Crippen LogP contribution in [-0.2, 0) is 10.3 Å². The number of carbonyl (C=O) groups is 1. The van der Waals surface area contributed by atoms with Crippen molar-refractivity contribution in [2.24, 2.45) is 5.92 Å². The summed E-state index contributed by atoms with van der Waals surface area (Å²) in [6.45, 7) is 6.92. The van der Waals surface area contributed by atoms with Crippen LogP contribution in [0.2, 0.25) is 0 Å². The van der Waals surface area contributed by atoms with E-state index in [1.165, 1.54) is 0 Å². The van der Waals surface area contributed by atoms with Crippen molar-refractivity contribution in [3.63, 3.8) is 0 Å². The first kappa shape index (κ1) is 15.3. The van der Waals surface area contributed by atoms with Gasteiger partial charge in [0, 0.05) is 18.6 Å². The number of fused-ring (bicyclic) bond motifs is 1. The number of urea groups is 1. The van der Waals surface area contributed by atoms with E-state index in [2.05, 4.69) is 20.7 Å². The zero-order valence-corrected chi connectivity index (χ0v) is 13.5. The lowest BCUT2D eigenvalue weighted by atomic mass is 9.82. The van der Waals surface area contributed by atoms with Gasteiger partial charge in [-0.05, 0) is 46.5 Å². The number of hydrogen-bond donors (Lipinski definition) is 2. The summed E-state index contributed by atoms with van der Waals surface area (Å²) in [6, 6.07) is -0.0461. The van der Waals surface area contributed by atoms with Crippen LogP contribution in [0.4, 0.5) is 10.7 Å². The van der Waals surface area contributed by atoms with E-state index in [1.807, 2.05) is 20.8 Å². The molecule has 1 saturated heterocycles. The minimum atomic E-state index is -0.232. The van der Waals surface area contributed by atoms with Crippen LogP contribution < -0.4 is 10.6 Å². The third kappa shape index (κ3) is 3.24. The van der Waals surface area contributed by atoms with Gasteiger partial charge in [0.25, 0.3) is 0 Å². The Kier molecular flexibility index (Phi) is 4.08. The van der Waals surface area contributed by atoms with Gasteiger partial charge in [0.15, 0.2) is 0 Å². The van der Waals surface area contributed by atoms with Gasteiger partial charge in [0.1, 0.15) is 6.33 Å². The molecule has 2 amide bonds.